The molecule has 0 radical (unpaired) electrons. The molecule has 0 amide bonds. The summed E-state index contributed by atoms with van der Waals surface area (Å²) < 4.78 is 0. The Morgan fingerprint density at radius 1 is 0.514 bits per heavy atom. The molecule has 0 saturated heterocycles. The first-order valence-electron chi connectivity index (χ1n) is 17.0. The number of hydrogen-bond acceptors (Lipinski definition) is 1. The minimum Gasteiger partial charge on any atom is -0.325 e. The lowest BCUT2D eigenvalue weighted by Crippen LogP contribution is -2.53. The van der Waals surface area contributed by atoms with Crippen molar-refractivity contribution < 1.29 is 0 Å². The summed E-state index contributed by atoms with van der Waals surface area (Å²) in [5, 5.41) is 0. The molecule has 1 aliphatic rings. The Bertz CT molecular complexity index is 420. The third-order valence-corrected chi connectivity index (χ3v) is 9.40. The second-order valence-corrected chi connectivity index (χ2v) is 12.5. The van der Waals surface area contributed by atoms with Gasteiger partial charge in [-0.05, 0) is 43.9 Å². The van der Waals surface area contributed by atoms with E-state index in [0.29, 0.717) is 0 Å². The summed E-state index contributed by atoms with van der Waals surface area (Å²) in [6.45, 7) is 7.04. The third-order valence-electron chi connectivity index (χ3n) is 9.40. The number of hydrogen-bond donors (Lipinski definition) is 1. The number of rotatable bonds is 19. The van der Waals surface area contributed by atoms with E-state index in [2.05, 4.69) is 20.8 Å². The minimum absolute atomic E-state index is 0.0910. The topological polar surface area (TPSA) is 26.0 Å². The van der Waals surface area contributed by atoms with Gasteiger partial charge in [-0.2, -0.15) is 0 Å². The first kappa shape index (κ1) is 33.0. The van der Waals surface area contributed by atoms with E-state index in [1.54, 1.807) is 0 Å². The summed E-state index contributed by atoms with van der Waals surface area (Å²) in [4.78, 5) is 0. The van der Waals surface area contributed by atoms with Crippen molar-refractivity contribution in [2.75, 3.05) is 0 Å². The van der Waals surface area contributed by atoms with Crippen LogP contribution < -0.4 is 5.73 Å². The molecule has 1 fully saturated rings. The number of nitrogens with two attached hydrogens (primary N) is 1. The summed E-state index contributed by atoms with van der Waals surface area (Å²) >= 11 is 0. The van der Waals surface area contributed by atoms with E-state index in [9.17, 15) is 0 Å². The molecule has 2 N–H and O–H groups in total. The maximum atomic E-state index is 7.73. The summed E-state index contributed by atoms with van der Waals surface area (Å²) in [7, 11) is 0. The van der Waals surface area contributed by atoms with Crippen molar-refractivity contribution in [3.8, 4) is 0 Å². The molecule has 0 heterocycles. The number of unbranched alkanes of at least 4 members (excludes halogenated alkanes) is 11. The second kappa shape index (κ2) is 23.1. The third kappa shape index (κ3) is 15.7. The molecule has 1 aliphatic carbocycles. The first-order chi connectivity index (χ1) is 17.2. The van der Waals surface area contributed by atoms with E-state index in [1.165, 1.54) is 180 Å². The van der Waals surface area contributed by atoms with Crippen LogP contribution in [0.15, 0.2) is 0 Å². The van der Waals surface area contributed by atoms with Crippen LogP contribution in [0.4, 0.5) is 0 Å². The molecule has 210 valence electrons. The molecule has 0 bridgehead atoms. The Balaban J connectivity index is 2.85. The average Bonchev–Trinajstić information content (AvgIpc) is 2.85. The van der Waals surface area contributed by atoms with Crippen LogP contribution in [0.25, 0.3) is 0 Å². The van der Waals surface area contributed by atoms with Gasteiger partial charge in [0, 0.05) is 5.54 Å². The monoisotopic (exact) mass is 492 g/mol. The van der Waals surface area contributed by atoms with E-state index in [-0.39, 0.29) is 5.54 Å². The van der Waals surface area contributed by atoms with Crippen LogP contribution in [0.1, 0.15) is 201 Å². The predicted molar refractivity (Wildman–Crippen MR) is 160 cm³/mol. The molecule has 0 spiro atoms. The molecule has 1 heteroatoms. The fourth-order valence-electron chi connectivity index (χ4n) is 6.96. The Morgan fingerprint density at radius 2 is 0.914 bits per heavy atom. The SMILES string of the molecule is CCCCCCCCCCC(N)(C(CCCC)CCCCCC)C1CCCCCCCCCCC1. The normalized spacial score (nSPS) is 19.5. The van der Waals surface area contributed by atoms with Crippen LogP contribution in [0.5, 0.6) is 0 Å². The van der Waals surface area contributed by atoms with Gasteiger partial charge in [0.2, 0.25) is 0 Å². The van der Waals surface area contributed by atoms with Crippen LogP contribution in [0.3, 0.4) is 0 Å². The van der Waals surface area contributed by atoms with Gasteiger partial charge in [0.25, 0.3) is 0 Å². The zero-order valence-corrected chi connectivity index (χ0v) is 25.0. The van der Waals surface area contributed by atoms with Gasteiger partial charge in [0.05, 0.1) is 0 Å². The van der Waals surface area contributed by atoms with E-state index in [1.807, 2.05) is 0 Å². The molecule has 2 unspecified atom stereocenters. The summed E-state index contributed by atoms with van der Waals surface area (Å²) in [6.07, 6.45) is 39.5. The van der Waals surface area contributed by atoms with Crippen molar-refractivity contribution >= 4 is 0 Å². The first-order valence-corrected chi connectivity index (χ1v) is 17.0. The lowest BCUT2D eigenvalue weighted by Gasteiger charge is -2.45. The Kier molecular flexibility index (Phi) is 21.8. The molecule has 0 aromatic rings. The maximum Gasteiger partial charge on any atom is 0.0211 e. The lowest BCUT2D eigenvalue weighted by atomic mass is 9.65. The summed E-state index contributed by atoms with van der Waals surface area (Å²) in [6, 6.07) is 0. The second-order valence-electron chi connectivity index (χ2n) is 12.5. The highest BCUT2D eigenvalue weighted by Gasteiger charge is 2.40. The fourth-order valence-corrected chi connectivity index (χ4v) is 6.96. The molecule has 0 aromatic heterocycles. The van der Waals surface area contributed by atoms with Crippen LogP contribution >= 0.6 is 0 Å². The summed E-state index contributed by atoms with van der Waals surface area (Å²) in [5.41, 5.74) is 7.82. The highest BCUT2D eigenvalue weighted by Crippen LogP contribution is 2.41. The van der Waals surface area contributed by atoms with Crippen molar-refractivity contribution in [2.45, 2.75) is 206 Å². The molecular weight excluding hydrogens is 422 g/mol. The lowest BCUT2D eigenvalue weighted by molar-refractivity contribution is 0.114. The van der Waals surface area contributed by atoms with Crippen LogP contribution in [-0.2, 0) is 0 Å². The molecule has 35 heavy (non-hydrogen) atoms. The molecule has 1 saturated carbocycles. The average molecular weight is 492 g/mol. The zero-order valence-electron chi connectivity index (χ0n) is 25.0. The maximum absolute atomic E-state index is 7.73. The molecular formula is C34H69N. The van der Waals surface area contributed by atoms with Gasteiger partial charge in [-0.25, -0.2) is 0 Å². The zero-order chi connectivity index (χ0) is 25.5. The van der Waals surface area contributed by atoms with Crippen molar-refractivity contribution in [1.82, 2.24) is 0 Å². The Labute approximate surface area is 223 Å². The Morgan fingerprint density at radius 3 is 1.43 bits per heavy atom. The van der Waals surface area contributed by atoms with Crippen molar-refractivity contribution in [3.63, 3.8) is 0 Å². The summed E-state index contributed by atoms with van der Waals surface area (Å²) in [5.74, 6) is 1.52. The highest BCUT2D eigenvalue weighted by atomic mass is 14.8. The van der Waals surface area contributed by atoms with Crippen LogP contribution in [0, 0.1) is 11.8 Å². The standard InChI is InChI=1S/C34H69N/c1-4-7-10-12-13-19-22-26-31-34(35,32(27-9-6-3)28-23-11-8-5-2)33-29-24-20-17-15-14-16-18-21-25-30-33/h32-33H,4-31,35H2,1-3H3. The van der Waals surface area contributed by atoms with Crippen molar-refractivity contribution in [1.29, 1.82) is 0 Å². The van der Waals surface area contributed by atoms with Gasteiger partial charge >= 0.3 is 0 Å². The molecule has 0 aliphatic heterocycles. The van der Waals surface area contributed by atoms with E-state index in [0.717, 1.165) is 11.8 Å². The minimum atomic E-state index is 0.0910. The largest absolute Gasteiger partial charge is 0.325 e. The van der Waals surface area contributed by atoms with Gasteiger partial charge in [-0.1, -0.05) is 168 Å². The molecule has 2 atom stereocenters. The van der Waals surface area contributed by atoms with E-state index < -0.39 is 0 Å². The van der Waals surface area contributed by atoms with Crippen molar-refractivity contribution in [2.24, 2.45) is 17.6 Å². The van der Waals surface area contributed by atoms with Gasteiger partial charge in [-0.3, -0.25) is 0 Å². The quantitative estimate of drug-likeness (QED) is 0.179. The van der Waals surface area contributed by atoms with E-state index in [4.69, 9.17) is 5.73 Å². The molecule has 0 aromatic carbocycles. The van der Waals surface area contributed by atoms with Crippen molar-refractivity contribution in [3.05, 3.63) is 0 Å². The van der Waals surface area contributed by atoms with Crippen LogP contribution in [0.2, 0.25) is 0 Å². The fraction of sp³-hybridized carbons (Fsp3) is 1.00. The van der Waals surface area contributed by atoms with Gasteiger partial charge in [0.1, 0.15) is 0 Å². The smallest absolute Gasteiger partial charge is 0.0211 e. The Hall–Kier alpha value is -0.0400. The van der Waals surface area contributed by atoms with Gasteiger partial charge in [0.15, 0.2) is 0 Å². The predicted octanol–water partition coefficient (Wildman–Crippen LogP) is 11.9. The van der Waals surface area contributed by atoms with Crippen LogP contribution in [-0.4, -0.2) is 5.54 Å². The van der Waals surface area contributed by atoms with Gasteiger partial charge in [-0.15, -0.1) is 0 Å². The molecule has 1 nitrogen and oxygen atoms in total. The van der Waals surface area contributed by atoms with Gasteiger partial charge < -0.3 is 5.73 Å². The van der Waals surface area contributed by atoms with E-state index >= 15 is 0 Å². The highest BCUT2D eigenvalue weighted by molar-refractivity contribution is 4.97. The molecule has 1 rings (SSSR count).